The van der Waals surface area contributed by atoms with Gasteiger partial charge >= 0.3 is 6.03 Å². The van der Waals surface area contributed by atoms with Crippen molar-refractivity contribution in [2.75, 3.05) is 38.7 Å². The number of hydrogen-bond acceptors (Lipinski definition) is 5. The smallest absolute Gasteiger partial charge is 0.319 e. The second-order valence-electron chi connectivity index (χ2n) is 8.68. The molecular weight excluding hydrogens is 466 g/mol. The first kappa shape index (κ1) is 25.5. The Morgan fingerprint density at radius 3 is 2.67 bits per heavy atom. The quantitative estimate of drug-likeness (QED) is 0.400. The number of ether oxygens (including phenoxy) is 2. The predicted molar refractivity (Wildman–Crippen MR) is 134 cm³/mol. The number of aromatic nitrogens is 1. The Bertz CT molecular complexity index is 1190. The van der Waals surface area contributed by atoms with Gasteiger partial charge in [-0.25, -0.2) is 18.6 Å². The van der Waals surface area contributed by atoms with E-state index in [-0.39, 0.29) is 5.92 Å². The Kier molecular flexibility index (Phi) is 8.12. The van der Waals surface area contributed by atoms with Gasteiger partial charge in [-0.2, -0.15) is 0 Å². The van der Waals surface area contributed by atoms with Crippen LogP contribution in [0.5, 0.6) is 5.88 Å². The molecule has 190 valence electrons. The van der Waals surface area contributed by atoms with E-state index in [1.54, 1.807) is 25.3 Å². The summed E-state index contributed by atoms with van der Waals surface area (Å²) >= 11 is 0. The lowest BCUT2D eigenvalue weighted by Crippen LogP contribution is -2.55. The van der Waals surface area contributed by atoms with E-state index in [9.17, 15) is 13.6 Å². The summed E-state index contributed by atoms with van der Waals surface area (Å²) in [5.74, 6) is -1.66. The molecule has 0 saturated carbocycles. The van der Waals surface area contributed by atoms with Gasteiger partial charge in [-0.1, -0.05) is 36.4 Å². The predicted octanol–water partition coefficient (Wildman–Crippen LogP) is 4.71. The van der Waals surface area contributed by atoms with Gasteiger partial charge in [0.25, 0.3) is 0 Å². The summed E-state index contributed by atoms with van der Waals surface area (Å²) in [5, 5.41) is 9.33. The highest BCUT2D eigenvalue weighted by Crippen LogP contribution is 2.36. The molecule has 0 spiro atoms. The Hall–Kier alpha value is -3.56. The molecule has 0 bridgehead atoms. The highest BCUT2D eigenvalue weighted by atomic mass is 19.2. The number of anilines is 1. The molecule has 1 aliphatic heterocycles. The van der Waals surface area contributed by atoms with Gasteiger partial charge in [0.05, 0.1) is 23.5 Å². The molecule has 0 unspecified atom stereocenters. The first-order valence-electron chi connectivity index (χ1n) is 11.9. The van der Waals surface area contributed by atoms with Crippen molar-refractivity contribution in [2.24, 2.45) is 0 Å². The Balaban J connectivity index is 1.62. The summed E-state index contributed by atoms with van der Waals surface area (Å²) in [4.78, 5) is 17.9. The number of halogens is 2. The van der Waals surface area contributed by atoms with Crippen LogP contribution in [-0.2, 0) is 4.74 Å². The highest BCUT2D eigenvalue weighted by Gasteiger charge is 2.45. The molecule has 1 aliphatic rings. The van der Waals surface area contributed by atoms with Crippen LogP contribution < -0.4 is 20.7 Å². The Labute approximate surface area is 209 Å². The number of hydrogen-bond donors (Lipinski definition) is 3. The second-order valence-corrected chi connectivity index (χ2v) is 8.68. The van der Waals surface area contributed by atoms with Crippen molar-refractivity contribution in [1.82, 2.24) is 15.6 Å². The zero-order valence-electron chi connectivity index (χ0n) is 20.3. The number of benzene rings is 2. The summed E-state index contributed by atoms with van der Waals surface area (Å²) in [7, 11) is 1.58. The van der Waals surface area contributed by atoms with Gasteiger partial charge in [-0.15, -0.1) is 0 Å². The van der Waals surface area contributed by atoms with Crippen LogP contribution in [0.3, 0.4) is 0 Å². The first-order chi connectivity index (χ1) is 17.5. The fraction of sp³-hybridized carbons (Fsp3) is 0.333. The highest BCUT2D eigenvalue weighted by molar-refractivity contribution is 5.94. The number of urea groups is 1. The third kappa shape index (κ3) is 5.63. The minimum Gasteiger partial charge on any atom is -0.478 e. The van der Waals surface area contributed by atoms with Crippen LogP contribution in [0.1, 0.15) is 24.8 Å². The fourth-order valence-corrected chi connectivity index (χ4v) is 4.63. The monoisotopic (exact) mass is 496 g/mol. The molecule has 2 amide bonds. The summed E-state index contributed by atoms with van der Waals surface area (Å²) < 4.78 is 38.5. The van der Waals surface area contributed by atoms with Gasteiger partial charge in [0.2, 0.25) is 5.88 Å². The molecule has 2 atom stereocenters. The van der Waals surface area contributed by atoms with E-state index < -0.39 is 23.2 Å². The number of carbonyl (C=O) groups is 1. The number of rotatable bonds is 9. The number of pyridine rings is 1. The number of amides is 2. The van der Waals surface area contributed by atoms with Gasteiger partial charge in [0.1, 0.15) is 0 Å². The molecule has 7 nitrogen and oxygen atoms in total. The minimum atomic E-state index is -0.919. The molecule has 36 heavy (non-hydrogen) atoms. The van der Waals surface area contributed by atoms with Gasteiger partial charge in [-0.05, 0) is 37.1 Å². The van der Waals surface area contributed by atoms with Crippen molar-refractivity contribution in [3.05, 3.63) is 77.9 Å². The van der Waals surface area contributed by atoms with E-state index in [0.29, 0.717) is 55.5 Å². The average molecular weight is 497 g/mol. The molecule has 1 aromatic heterocycles. The van der Waals surface area contributed by atoms with E-state index in [2.05, 4.69) is 20.9 Å². The molecule has 1 fully saturated rings. The average Bonchev–Trinajstić information content (AvgIpc) is 3.29. The number of nitrogens with zero attached hydrogens (tertiary/aromatic N) is 1. The van der Waals surface area contributed by atoms with E-state index in [4.69, 9.17) is 9.47 Å². The standard InChI is InChI=1S/C27H30F2N4O3/c1-3-36-24-12-11-23(25(32-24)18-7-5-4-6-8-18)31-26(34)33-27(13-14-35-2)17-30-16-20(27)19-9-10-21(28)22(29)15-19/h4-12,15,20,30H,3,13-14,16-17H2,1-2H3,(H2,31,33,34)/t20-,27+/m0/s1. The topological polar surface area (TPSA) is 84.5 Å². The van der Waals surface area contributed by atoms with Crippen molar-refractivity contribution < 1.29 is 23.0 Å². The van der Waals surface area contributed by atoms with Crippen molar-refractivity contribution >= 4 is 11.7 Å². The van der Waals surface area contributed by atoms with Crippen LogP contribution in [0.2, 0.25) is 0 Å². The summed E-state index contributed by atoms with van der Waals surface area (Å²) in [6, 6.07) is 16.4. The summed E-state index contributed by atoms with van der Waals surface area (Å²) in [5.41, 5.74) is 1.73. The molecule has 1 saturated heterocycles. The van der Waals surface area contributed by atoms with Gasteiger partial charge < -0.3 is 25.4 Å². The maximum atomic E-state index is 14.0. The lowest BCUT2D eigenvalue weighted by Gasteiger charge is -2.36. The van der Waals surface area contributed by atoms with Crippen molar-refractivity contribution in [2.45, 2.75) is 24.8 Å². The van der Waals surface area contributed by atoms with Crippen LogP contribution in [0.25, 0.3) is 11.3 Å². The third-order valence-corrected chi connectivity index (χ3v) is 6.37. The maximum absolute atomic E-state index is 14.0. The zero-order valence-corrected chi connectivity index (χ0v) is 20.3. The molecule has 4 rings (SSSR count). The zero-order chi connectivity index (χ0) is 25.5. The van der Waals surface area contributed by atoms with Crippen molar-refractivity contribution in [1.29, 1.82) is 0 Å². The maximum Gasteiger partial charge on any atom is 0.319 e. The fourth-order valence-electron chi connectivity index (χ4n) is 4.63. The summed E-state index contributed by atoms with van der Waals surface area (Å²) in [6.07, 6.45) is 0.473. The van der Waals surface area contributed by atoms with E-state index in [1.165, 1.54) is 6.07 Å². The molecule has 0 aliphatic carbocycles. The largest absolute Gasteiger partial charge is 0.478 e. The molecule has 3 aromatic rings. The third-order valence-electron chi connectivity index (χ3n) is 6.37. The molecule has 3 N–H and O–H groups in total. The SMILES string of the molecule is CCOc1ccc(NC(=O)N[C@]2(CCOC)CNC[C@H]2c2ccc(F)c(F)c2)c(-c2ccccc2)n1. The van der Waals surface area contributed by atoms with Crippen molar-refractivity contribution in [3.63, 3.8) is 0 Å². The van der Waals surface area contributed by atoms with E-state index >= 15 is 0 Å². The van der Waals surface area contributed by atoms with Gasteiger partial charge in [-0.3, -0.25) is 0 Å². The van der Waals surface area contributed by atoms with Crippen LogP contribution >= 0.6 is 0 Å². The molecule has 2 heterocycles. The molecular formula is C27H30F2N4O3. The lowest BCUT2D eigenvalue weighted by atomic mass is 9.79. The normalized spacial score (nSPS) is 19.2. The van der Waals surface area contributed by atoms with Crippen LogP contribution in [0.4, 0.5) is 19.3 Å². The number of methoxy groups -OCH3 is 1. The van der Waals surface area contributed by atoms with Crippen LogP contribution in [-0.4, -0.2) is 50.0 Å². The number of carbonyl (C=O) groups excluding carboxylic acids is 1. The van der Waals surface area contributed by atoms with Crippen LogP contribution in [0, 0.1) is 11.6 Å². The van der Waals surface area contributed by atoms with E-state index in [1.807, 2.05) is 37.3 Å². The van der Waals surface area contributed by atoms with E-state index in [0.717, 1.165) is 11.6 Å². The lowest BCUT2D eigenvalue weighted by molar-refractivity contribution is 0.155. The molecule has 0 radical (unpaired) electrons. The molecule has 9 heteroatoms. The second kappa shape index (κ2) is 11.5. The van der Waals surface area contributed by atoms with Crippen LogP contribution in [0.15, 0.2) is 60.7 Å². The van der Waals surface area contributed by atoms with Crippen molar-refractivity contribution in [3.8, 4) is 17.1 Å². The molecule has 2 aromatic carbocycles. The summed E-state index contributed by atoms with van der Waals surface area (Å²) in [6.45, 7) is 3.66. The Morgan fingerprint density at radius 2 is 1.94 bits per heavy atom. The first-order valence-corrected chi connectivity index (χ1v) is 11.9. The van der Waals surface area contributed by atoms with Gasteiger partial charge in [0.15, 0.2) is 11.6 Å². The Morgan fingerprint density at radius 1 is 1.14 bits per heavy atom. The number of nitrogens with one attached hydrogen (secondary N) is 3. The van der Waals surface area contributed by atoms with Gasteiger partial charge in [0, 0.05) is 44.4 Å². The minimum absolute atomic E-state index is 0.291.